The lowest BCUT2D eigenvalue weighted by Crippen LogP contribution is -2.48. The molecule has 5 heteroatoms. The molecule has 2 fully saturated rings. The summed E-state index contributed by atoms with van der Waals surface area (Å²) in [6.45, 7) is 3.63. The first-order valence-electron chi connectivity index (χ1n) is 8.03. The Morgan fingerprint density at radius 1 is 1.29 bits per heavy atom. The predicted molar refractivity (Wildman–Crippen MR) is 78.9 cm³/mol. The highest BCUT2D eigenvalue weighted by atomic mass is 16.5. The van der Waals surface area contributed by atoms with E-state index in [-0.39, 0.29) is 5.91 Å². The maximum atomic E-state index is 11.2. The van der Waals surface area contributed by atoms with Gasteiger partial charge in [-0.2, -0.15) is 0 Å². The standard InChI is InChI=1S/C16H27NO4/c1-11(14(15(19)20)17-12(2)18)21-10-13-4-8-16(9-5-13)6-3-7-16/h11,13-14H,3-10H2,1-2H3,(H,17,18)(H,19,20)/t11-,14+/m1/s1. The molecule has 2 aliphatic rings. The summed E-state index contributed by atoms with van der Waals surface area (Å²) < 4.78 is 5.73. The summed E-state index contributed by atoms with van der Waals surface area (Å²) in [5, 5.41) is 11.6. The minimum Gasteiger partial charge on any atom is -0.480 e. The molecule has 120 valence electrons. The SMILES string of the molecule is CC(=O)N[C@H](C(=O)O)[C@@H](C)OCC1CCC2(CCC2)CC1. The van der Waals surface area contributed by atoms with Gasteiger partial charge in [0.25, 0.3) is 0 Å². The molecule has 0 aliphatic heterocycles. The van der Waals surface area contributed by atoms with Gasteiger partial charge in [-0.25, -0.2) is 4.79 Å². The fraction of sp³-hybridized carbons (Fsp3) is 0.875. The van der Waals surface area contributed by atoms with E-state index in [4.69, 9.17) is 9.84 Å². The molecule has 2 rings (SSSR count). The van der Waals surface area contributed by atoms with Gasteiger partial charge in [-0.1, -0.05) is 6.42 Å². The molecule has 0 aromatic carbocycles. The molecule has 2 aliphatic carbocycles. The van der Waals surface area contributed by atoms with E-state index in [2.05, 4.69) is 5.32 Å². The van der Waals surface area contributed by atoms with Crippen LogP contribution in [-0.4, -0.2) is 35.7 Å². The summed E-state index contributed by atoms with van der Waals surface area (Å²) in [6.07, 6.45) is 8.62. The molecular weight excluding hydrogens is 270 g/mol. The summed E-state index contributed by atoms with van der Waals surface area (Å²) >= 11 is 0. The van der Waals surface area contributed by atoms with Crippen LogP contribution in [0.1, 0.15) is 58.8 Å². The van der Waals surface area contributed by atoms with Gasteiger partial charge in [-0.15, -0.1) is 0 Å². The lowest BCUT2D eigenvalue weighted by molar-refractivity contribution is -0.146. The molecule has 1 spiro atoms. The van der Waals surface area contributed by atoms with Gasteiger partial charge < -0.3 is 15.2 Å². The average molecular weight is 297 g/mol. The number of carbonyl (C=O) groups is 2. The smallest absolute Gasteiger partial charge is 0.328 e. The second-order valence-corrected chi connectivity index (χ2v) is 6.85. The van der Waals surface area contributed by atoms with Crippen LogP contribution in [0.5, 0.6) is 0 Å². The number of nitrogens with one attached hydrogen (secondary N) is 1. The highest BCUT2D eigenvalue weighted by Crippen LogP contribution is 2.52. The minimum absolute atomic E-state index is 0.345. The average Bonchev–Trinajstić information content (AvgIpc) is 2.40. The van der Waals surface area contributed by atoms with Crippen LogP contribution in [0, 0.1) is 11.3 Å². The van der Waals surface area contributed by atoms with Crippen molar-refractivity contribution in [3.8, 4) is 0 Å². The maximum Gasteiger partial charge on any atom is 0.328 e. The Bertz CT molecular complexity index is 382. The normalized spacial score (nSPS) is 24.1. The van der Waals surface area contributed by atoms with E-state index in [1.165, 1.54) is 51.9 Å². The van der Waals surface area contributed by atoms with Gasteiger partial charge in [0, 0.05) is 13.5 Å². The van der Waals surface area contributed by atoms with Crippen molar-refractivity contribution in [2.75, 3.05) is 6.61 Å². The zero-order valence-electron chi connectivity index (χ0n) is 13.1. The minimum atomic E-state index is -1.05. The molecule has 0 saturated heterocycles. The molecule has 0 aromatic rings. The number of hydrogen-bond donors (Lipinski definition) is 2. The monoisotopic (exact) mass is 297 g/mol. The van der Waals surface area contributed by atoms with Crippen molar-refractivity contribution in [2.24, 2.45) is 11.3 Å². The third kappa shape index (κ3) is 4.19. The van der Waals surface area contributed by atoms with Crippen molar-refractivity contribution in [1.29, 1.82) is 0 Å². The van der Waals surface area contributed by atoms with E-state index < -0.39 is 18.1 Å². The molecule has 5 nitrogen and oxygen atoms in total. The molecular formula is C16H27NO4. The second-order valence-electron chi connectivity index (χ2n) is 6.85. The summed E-state index contributed by atoms with van der Waals surface area (Å²) in [4.78, 5) is 22.2. The van der Waals surface area contributed by atoms with Crippen molar-refractivity contribution < 1.29 is 19.4 Å². The van der Waals surface area contributed by atoms with Crippen molar-refractivity contribution in [3.05, 3.63) is 0 Å². The Kier molecular flexibility index (Phi) is 5.25. The van der Waals surface area contributed by atoms with Gasteiger partial charge in [-0.3, -0.25) is 4.79 Å². The Morgan fingerprint density at radius 3 is 2.33 bits per heavy atom. The van der Waals surface area contributed by atoms with Crippen LogP contribution in [0.3, 0.4) is 0 Å². The number of rotatable bonds is 6. The molecule has 0 heterocycles. The van der Waals surface area contributed by atoms with Crippen molar-refractivity contribution >= 4 is 11.9 Å². The number of amides is 1. The van der Waals surface area contributed by atoms with Crippen molar-refractivity contribution in [1.82, 2.24) is 5.32 Å². The number of carboxylic acid groups (broad SMARTS) is 1. The largest absolute Gasteiger partial charge is 0.480 e. The maximum absolute atomic E-state index is 11.2. The molecule has 2 atom stereocenters. The Balaban J connectivity index is 1.73. The van der Waals surface area contributed by atoms with Crippen molar-refractivity contribution in [2.45, 2.75) is 70.9 Å². The summed E-state index contributed by atoms with van der Waals surface area (Å²) in [5.41, 5.74) is 0.641. The van der Waals surface area contributed by atoms with Crippen molar-refractivity contribution in [3.63, 3.8) is 0 Å². The van der Waals surface area contributed by atoms with E-state index in [9.17, 15) is 9.59 Å². The van der Waals surface area contributed by atoms with E-state index in [0.717, 1.165) is 0 Å². The van der Waals surface area contributed by atoms with E-state index in [1.807, 2.05) is 0 Å². The van der Waals surface area contributed by atoms with Crippen LogP contribution in [-0.2, 0) is 14.3 Å². The van der Waals surface area contributed by atoms with Gasteiger partial charge in [0.05, 0.1) is 6.10 Å². The Labute approximate surface area is 126 Å². The predicted octanol–water partition coefficient (Wildman–Crippen LogP) is 2.34. The quantitative estimate of drug-likeness (QED) is 0.789. The summed E-state index contributed by atoms with van der Waals surface area (Å²) in [6, 6.07) is -0.968. The first-order chi connectivity index (χ1) is 9.92. The van der Waals surface area contributed by atoms with Crippen LogP contribution in [0.4, 0.5) is 0 Å². The highest BCUT2D eigenvalue weighted by Gasteiger charge is 2.40. The Hall–Kier alpha value is -1.10. The molecule has 0 aromatic heterocycles. The number of aliphatic carboxylic acids is 1. The van der Waals surface area contributed by atoms with Crippen LogP contribution < -0.4 is 5.32 Å². The van der Waals surface area contributed by atoms with Gasteiger partial charge in [0.15, 0.2) is 6.04 Å². The topological polar surface area (TPSA) is 75.6 Å². The fourth-order valence-corrected chi connectivity index (χ4v) is 3.62. The molecule has 0 radical (unpaired) electrons. The lowest BCUT2D eigenvalue weighted by Gasteiger charge is -2.47. The first-order valence-corrected chi connectivity index (χ1v) is 8.03. The zero-order chi connectivity index (χ0) is 15.5. The van der Waals surface area contributed by atoms with E-state index in [1.54, 1.807) is 6.92 Å². The zero-order valence-corrected chi connectivity index (χ0v) is 13.1. The molecule has 2 N–H and O–H groups in total. The highest BCUT2D eigenvalue weighted by molar-refractivity contribution is 5.82. The Morgan fingerprint density at radius 2 is 1.90 bits per heavy atom. The summed E-state index contributed by atoms with van der Waals surface area (Å²) in [5.74, 6) is -0.859. The van der Waals surface area contributed by atoms with Gasteiger partial charge in [-0.05, 0) is 56.8 Å². The van der Waals surface area contributed by atoms with Crippen LogP contribution in [0.15, 0.2) is 0 Å². The van der Waals surface area contributed by atoms with Crippen LogP contribution >= 0.6 is 0 Å². The molecule has 0 bridgehead atoms. The van der Waals surface area contributed by atoms with E-state index in [0.29, 0.717) is 17.9 Å². The van der Waals surface area contributed by atoms with Gasteiger partial charge >= 0.3 is 5.97 Å². The number of hydrogen-bond acceptors (Lipinski definition) is 3. The third-order valence-electron chi connectivity index (χ3n) is 5.27. The molecule has 0 unspecified atom stereocenters. The number of carboxylic acids is 1. The second kappa shape index (κ2) is 6.77. The van der Waals surface area contributed by atoms with Crippen LogP contribution in [0.2, 0.25) is 0 Å². The third-order valence-corrected chi connectivity index (χ3v) is 5.27. The van der Waals surface area contributed by atoms with Crippen LogP contribution in [0.25, 0.3) is 0 Å². The molecule has 2 saturated carbocycles. The number of carbonyl (C=O) groups excluding carboxylic acids is 1. The molecule has 1 amide bonds. The molecule has 21 heavy (non-hydrogen) atoms. The fourth-order valence-electron chi connectivity index (χ4n) is 3.62. The van der Waals surface area contributed by atoms with E-state index >= 15 is 0 Å². The number of ether oxygens (including phenoxy) is 1. The van der Waals surface area contributed by atoms with Gasteiger partial charge in [0.1, 0.15) is 0 Å². The van der Waals surface area contributed by atoms with Gasteiger partial charge in [0.2, 0.25) is 5.91 Å². The lowest BCUT2D eigenvalue weighted by atomic mass is 9.59. The summed E-state index contributed by atoms with van der Waals surface area (Å²) in [7, 11) is 0. The first kappa shape index (κ1) is 16.3.